The van der Waals surface area contributed by atoms with Gasteiger partial charge >= 0.3 is 5.97 Å². The minimum absolute atomic E-state index is 0. The van der Waals surface area contributed by atoms with Gasteiger partial charge in [0.1, 0.15) is 6.04 Å². The molecule has 0 aromatic heterocycles. The number of nitrogens with zero attached hydrogens (tertiary/aromatic N) is 1. The van der Waals surface area contributed by atoms with E-state index < -0.39 is 12.0 Å². The lowest BCUT2D eigenvalue weighted by Crippen LogP contribution is -2.36. The van der Waals surface area contributed by atoms with Crippen molar-refractivity contribution in [2.75, 3.05) is 20.2 Å². The van der Waals surface area contributed by atoms with Crippen LogP contribution < -0.4 is 5.73 Å². The van der Waals surface area contributed by atoms with Gasteiger partial charge in [0.25, 0.3) is 0 Å². The van der Waals surface area contributed by atoms with Gasteiger partial charge in [0.05, 0.1) is 7.11 Å². The molecule has 2 N–H and O–H groups in total. The second-order valence-electron chi connectivity index (χ2n) is 4.88. The maximum Gasteiger partial charge on any atom is 0.322 e. The van der Waals surface area contributed by atoms with Gasteiger partial charge in [-0.1, -0.05) is 30.3 Å². The van der Waals surface area contributed by atoms with Crippen molar-refractivity contribution in [1.82, 2.24) is 4.90 Å². The number of rotatable bonds is 8. The van der Waals surface area contributed by atoms with Gasteiger partial charge in [0, 0.05) is 19.5 Å². The van der Waals surface area contributed by atoms with Crippen LogP contribution in [0.5, 0.6) is 0 Å². The summed E-state index contributed by atoms with van der Waals surface area (Å²) in [5.74, 6) is -0.456. The van der Waals surface area contributed by atoms with Crippen LogP contribution in [-0.2, 0) is 20.7 Å². The number of methoxy groups -OCH3 is 1. The summed E-state index contributed by atoms with van der Waals surface area (Å²) in [5, 5.41) is 0. The molecule has 0 spiro atoms. The highest BCUT2D eigenvalue weighted by molar-refractivity contribution is 5.85. The zero-order chi connectivity index (χ0) is 15.7. The lowest BCUT2D eigenvalue weighted by molar-refractivity contribution is -0.142. The number of hydrogen-bond donors (Lipinski definition) is 1. The van der Waals surface area contributed by atoms with Gasteiger partial charge in [-0.25, -0.2) is 0 Å². The molecular weight excluding hydrogens is 304 g/mol. The third-order valence-electron chi connectivity index (χ3n) is 3.42. The van der Waals surface area contributed by atoms with Gasteiger partial charge < -0.3 is 15.4 Å². The lowest BCUT2D eigenvalue weighted by atomic mass is 10.1. The van der Waals surface area contributed by atoms with Crippen LogP contribution in [0.25, 0.3) is 0 Å². The molecule has 1 amide bonds. The molecule has 0 heterocycles. The Kier molecular flexibility index (Phi) is 10.2. The second-order valence-corrected chi connectivity index (χ2v) is 4.88. The highest BCUT2D eigenvalue weighted by Gasteiger charge is 2.18. The molecule has 0 bridgehead atoms. The molecule has 1 atom stereocenters. The van der Waals surface area contributed by atoms with Gasteiger partial charge in [-0.05, 0) is 25.3 Å². The topological polar surface area (TPSA) is 72.6 Å². The smallest absolute Gasteiger partial charge is 0.322 e. The number of ether oxygens (including phenoxy) is 1. The summed E-state index contributed by atoms with van der Waals surface area (Å²) >= 11 is 0. The van der Waals surface area contributed by atoms with Crippen molar-refractivity contribution in [3.05, 3.63) is 35.9 Å². The number of carbonyl (C=O) groups is 2. The van der Waals surface area contributed by atoms with Crippen LogP contribution in [0.4, 0.5) is 0 Å². The van der Waals surface area contributed by atoms with Crippen LogP contribution in [0, 0.1) is 0 Å². The summed E-state index contributed by atoms with van der Waals surface area (Å²) in [6.07, 6.45) is 1.40. The van der Waals surface area contributed by atoms with E-state index in [0.29, 0.717) is 19.5 Å². The fraction of sp³-hybridized carbons (Fsp3) is 0.500. The zero-order valence-electron chi connectivity index (χ0n) is 13.2. The predicted octanol–water partition coefficient (Wildman–Crippen LogP) is 1.78. The normalized spacial score (nSPS) is 11.2. The largest absolute Gasteiger partial charge is 0.468 e. The first-order chi connectivity index (χ1) is 10.1. The minimum Gasteiger partial charge on any atom is -0.468 e. The number of amides is 1. The van der Waals surface area contributed by atoms with Crippen LogP contribution in [-0.4, -0.2) is 43.0 Å². The Morgan fingerprint density at radius 1 is 1.27 bits per heavy atom. The number of likely N-dealkylation sites (N-methyl/N-ethyl adjacent to an activating group) is 1. The van der Waals surface area contributed by atoms with Gasteiger partial charge in [-0.15, -0.1) is 12.4 Å². The first-order valence-corrected chi connectivity index (χ1v) is 7.23. The van der Waals surface area contributed by atoms with E-state index in [-0.39, 0.29) is 24.7 Å². The Bertz CT molecular complexity index is 454. The average molecular weight is 329 g/mol. The standard InChI is InChI=1S/C16H24N2O3.ClH/c1-3-18(12-11-13-7-5-4-6-8-13)15(19)10-9-14(17)16(20)21-2;/h4-8,14H,3,9-12,17H2,1-2H3;1H/t14-;/m0./s1. The van der Waals surface area contributed by atoms with Gasteiger partial charge in [0.2, 0.25) is 5.91 Å². The average Bonchev–Trinajstić information content (AvgIpc) is 2.53. The molecule has 6 heteroatoms. The van der Waals surface area contributed by atoms with Crippen LogP contribution in [0.1, 0.15) is 25.3 Å². The monoisotopic (exact) mass is 328 g/mol. The summed E-state index contributed by atoms with van der Waals surface area (Å²) in [5.41, 5.74) is 6.84. The Morgan fingerprint density at radius 3 is 2.45 bits per heavy atom. The number of benzene rings is 1. The van der Waals surface area contributed by atoms with Gasteiger partial charge in [-0.3, -0.25) is 9.59 Å². The zero-order valence-corrected chi connectivity index (χ0v) is 14.0. The van der Waals surface area contributed by atoms with Gasteiger partial charge in [-0.2, -0.15) is 0 Å². The van der Waals surface area contributed by atoms with Crippen LogP contribution >= 0.6 is 12.4 Å². The number of esters is 1. The summed E-state index contributed by atoms with van der Waals surface area (Å²) in [6.45, 7) is 3.27. The molecule has 0 saturated heterocycles. The lowest BCUT2D eigenvalue weighted by Gasteiger charge is -2.21. The van der Waals surface area contributed by atoms with E-state index in [1.165, 1.54) is 12.7 Å². The predicted molar refractivity (Wildman–Crippen MR) is 88.9 cm³/mol. The SMILES string of the molecule is CCN(CCc1ccccc1)C(=O)CC[C@H](N)C(=O)OC.Cl. The van der Waals surface area contributed by atoms with Crippen molar-refractivity contribution >= 4 is 24.3 Å². The highest BCUT2D eigenvalue weighted by atomic mass is 35.5. The molecule has 124 valence electrons. The number of halogens is 1. The molecule has 0 fully saturated rings. The first-order valence-electron chi connectivity index (χ1n) is 7.23. The fourth-order valence-corrected chi connectivity index (χ4v) is 2.07. The van der Waals surface area contributed by atoms with Crippen molar-refractivity contribution in [3.63, 3.8) is 0 Å². The molecule has 22 heavy (non-hydrogen) atoms. The van der Waals surface area contributed by atoms with E-state index >= 15 is 0 Å². The van der Waals surface area contributed by atoms with E-state index in [9.17, 15) is 9.59 Å². The molecule has 0 unspecified atom stereocenters. The van der Waals surface area contributed by atoms with Crippen molar-refractivity contribution < 1.29 is 14.3 Å². The van der Waals surface area contributed by atoms with E-state index in [0.717, 1.165) is 6.42 Å². The molecule has 1 rings (SSSR count). The number of nitrogens with two attached hydrogens (primary N) is 1. The van der Waals surface area contributed by atoms with Crippen molar-refractivity contribution in [2.45, 2.75) is 32.2 Å². The minimum atomic E-state index is -0.730. The second kappa shape index (κ2) is 11.0. The van der Waals surface area contributed by atoms with Crippen LogP contribution in [0.2, 0.25) is 0 Å². The van der Waals surface area contributed by atoms with Crippen molar-refractivity contribution in [1.29, 1.82) is 0 Å². The van der Waals surface area contributed by atoms with Gasteiger partial charge in [0.15, 0.2) is 0 Å². The van der Waals surface area contributed by atoms with Crippen LogP contribution in [0.3, 0.4) is 0 Å². The Balaban J connectivity index is 0.00000441. The maximum absolute atomic E-state index is 12.1. The maximum atomic E-state index is 12.1. The third-order valence-corrected chi connectivity index (χ3v) is 3.42. The van der Waals surface area contributed by atoms with E-state index in [2.05, 4.69) is 4.74 Å². The summed E-state index contributed by atoms with van der Waals surface area (Å²) in [7, 11) is 1.29. The summed E-state index contributed by atoms with van der Waals surface area (Å²) in [6, 6.07) is 9.31. The van der Waals surface area contributed by atoms with E-state index in [1.54, 1.807) is 4.90 Å². The Hall–Kier alpha value is -1.59. The molecule has 1 aromatic carbocycles. The van der Waals surface area contributed by atoms with E-state index in [1.807, 2.05) is 37.3 Å². The molecule has 0 aliphatic carbocycles. The summed E-state index contributed by atoms with van der Waals surface area (Å²) < 4.78 is 4.55. The summed E-state index contributed by atoms with van der Waals surface area (Å²) in [4.78, 5) is 25.1. The first kappa shape index (κ1) is 20.4. The molecule has 0 aliphatic heterocycles. The highest BCUT2D eigenvalue weighted by Crippen LogP contribution is 2.05. The fourth-order valence-electron chi connectivity index (χ4n) is 2.07. The van der Waals surface area contributed by atoms with E-state index in [4.69, 9.17) is 5.73 Å². The molecule has 0 aliphatic rings. The Morgan fingerprint density at radius 2 is 1.91 bits per heavy atom. The molecule has 0 saturated carbocycles. The number of carbonyl (C=O) groups excluding carboxylic acids is 2. The molecule has 5 nitrogen and oxygen atoms in total. The molecular formula is C16H25ClN2O3. The third kappa shape index (κ3) is 6.91. The van der Waals surface area contributed by atoms with Crippen LogP contribution in [0.15, 0.2) is 30.3 Å². The quantitative estimate of drug-likeness (QED) is 0.738. The van der Waals surface area contributed by atoms with Crippen molar-refractivity contribution in [3.8, 4) is 0 Å². The number of hydrogen-bond acceptors (Lipinski definition) is 4. The molecule has 1 aromatic rings. The van der Waals surface area contributed by atoms with Crippen molar-refractivity contribution in [2.24, 2.45) is 5.73 Å². The molecule has 0 radical (unpaired) electrons. The Labute approximate surface area is 138 Å².